The average molecular weight is 298 g/mol. The quantitative estimate of drug-likeness (QED) is 0.590. The molecule has 3 fully saturated rings. The van der Waals surface area contributed by atoms with Gasteiger partial charge >= 0.3 is 0 Å². The first-order chi connectivity index (χ1) is 9.84. The number of hydrogen-bond acceptors (Lipinski definition) is 4. The molecule has 5 heteroatoms. The molecule has 0 aromatic heterocycles. The van der Waals surface area contributed by atoms with E-state index >= 15 is 0 Å². The summed E-state index contributed by atoms with van der Waals surface area (Å²) in [6.07, 6.45) is 0.825. The molecule has 118 valence electrons. The topological polar surface area (TPSA) is 51.4 Å². The predicted octanol–water partition coefficient (Wildman–Crippen LogP) is 2.21. The molecule has 0 unspecified atom stereocenters. The van der Waals surface area contributed by atoms with Gasteiger partial charge in [0.1, 0.15) is 17.3 Å². The second kappa shape index (κ2) is 4.86. The van der Waals surface area contributed by atoms with Crippen molar-refractivity contribution in [3.05, 3.63) is 11.6 Å². The highest BCUT2D eigenvalue weighted by atomic mass is 19.1. The standard InChI is InChI=1S/C16H23FO4/c1-9(2)5-6-11-15(3,21-11)14-13(19-4)12(18)10(17)7-16(14)8-20-16/h5,10-11,13-14H,6-8H2,1-4H3/t10-,11+,13+,14+,15-,16-/m0/s1. The first kappa shape index (κ1) is 15.1. The number of halogens is 1. The number of alkyl halides is 1. The maximum absolute atomic E-state index is 13.9. The minimum Gasteiger partial charge on any atom is -0.373 e. The van der Waals surface area contributed by atoms with Crippen LogP contribution in [0.3, 0.4) is 0 Å². The smallest absolute Gasteiger partial charge is 0.196 e. The molecule has 1 aliphatic carbocycles. The van der Waals surface area contributed by atoms with Crippen molar-refractivity contribution in [3.63, 3.8) is 0 Å². The summed E-state index contributed by atoms with van der Waals surface area (Å²) in [5, 5.41) is 0. The average Bonchev–Trinajstić information content (AvgIpc) is 3.31. The molecule has 4 nitrogen and oxygen atoms in total. The summed E-state index contributed by atoms with van der Waals surface area (Å²) in [6.45, 7) is 6.56. The fraction of sp³-hybridized carbons (Fsp3) is 0.812. The highest BCUT2D eigenvalue weighted by Crippen LogP contribution is 2.59. The molecule has 2 saturated heterocycles. The molecule has 0 aromatic rings. The van der Waals surface area contributed by atoms with Crippen LogP contribution >= 0.6 is 0 Å². The summed E-state index contributed by atoms with van der Waals surface area (Å²) in [4.78, 5) is 12.1. The summed E-state index contributed by atoms with van der Waals surface area (Å²) in [5.41, 5.74) is 0.179. The van der Waals surface area contributed by atoms with Gasteiger partial charge in [-0.2, -0.15) is 0 Å². The van der Waals surface area contributed by atoms with Gasteiger partial charge in [-0.15, -0.1) is 0 Å². The zero-order valence-electron chi connectivity index (χ0n) is 13.0. The van der Waals surface area contributed by atoms with Gasteiger partial charge in [-0.05, 0) is 27.2 Å². The molecule has 1 saturated carbocycles. The van der Waals surface area contributed by atoms with E-state index in [4.69, 9.17) is 14.2 Å². The Labute approximate surface area is 124 Å². The Hall–Kier alpha value is -0.780. The number of methoxy groups -OCH3 is 1. The lowest BCUT2D eigenvalue weighted by molar-refractivity contribution is -0.150. The lowest BCUT2D eigenvalue weighted by Crippen LogP contribution is -2.56. The van der Waals surface area contributed by atoms with E-state index in [2.05, 4.69) is 6.08 Å². The Morgan fingerprint density at radius 1 is 1.52 bits per heavy atom. The van der Waals surface area contributed by atoms with E-state index in [0.29, 0.717) is 6.61 Å². The fourth-order valence-corrected chi connectivity index (χ4v) is 3.79. The van der Waals surface area contributed by atoms with Gasteiger partial charge in [0.2, 0.25) is 0 Å². The van der Waals surface area contributed by atoms with E-state index in [9.17, 15) is 9.18 Å². The van der Waals surface area contributed by atoms with E-state index in [-0.39, 0.29) is 18.4 Å². The number of carbonyl (C=O) groups is 1. The van der Waals surface area contributed by atoms with E-state index in [0.717, 1.165) is 6.42 Å². The first-order valence-electron chi connectivity index (χ1n) is 7.50. The number of ether oxygens (including phenoxy) is 3. The van der Waals surface area contributed by atoms with Crippen molar-refractivity contribution in [3.8, 4) is 0 Å². The van der Waals surface area contributed by atoms with Crippen molar-refractivity contribution in [1.29, 1.82) is 0 Å². The van der Waals surface area contributed by atoms with E-state index in [1.807, 2.05) is 20.8 Å². The lowest BCUT2D eigenvalue weighted by atomic mass is 9.68. The van der Waals surface area contributed by atoms with E-state index in [1.54, 1.807) is 0 Å². The molecule has 0 radical (unpaired) electrons. The van der Waals surface area contributed by atoms with E-state index in [1.165, 1.54) is 12.7 Å². The van der Waals surface area contributed by atoms with Gasteiger partial charge in [-0.3, -0.25) is 4.79 Å². The van der Waals surface area contributed by atoms with Gasteiger partial charge in [0, 0.05) is 13.5 Å². The summed E-state index contributed by atoms with van der Waals surface area (Å²) in [7, 11) is 1.46. The molecule has 1 spiro atoms. The Morgan fingerprint density at radius 3 is 2.71 bits per heavy atom. The number of rotatable bonds is 4. The van der Waals surface area contributed by atoms with Gasteiger partial charge in [0.05, 0.1) is 18.6 Å². The highest BCUT2D eigenvalue weighted by molar-refractivity contribution is 5.89. The zero-order valence-corrected chi connectivity index (χ0v) is 13.0. The second-order valence-electron chi connectivity index (χ2n) is 6.87. The number of allylic oxidation sites excluding steroid dienone is 1. The predicted molar refractivity (Wildman–Crippen MR) is 74.8 cm³/mol. The maximum Gasteiger partial charge on any atom is 0.196 e. The molecule has 2 aliphatic heterocycles. The third-order valence-corrected chi connectivity index (χ3v) is 5.09. The Kier molecular flexibility index (Phi) is 3.50. The zero-order chi connectivity index (χ0) is 15.4. The normalized spacial score (nSPS) is 48.3. The molecule has 6 atom stereocenters. The minimum atomic E-state index is -1.49. The molecule has 3 rings (SSSR count). The third-order valence-electron chi connectivity index (χ3n) is 5.09. The van der Waals surface area contributed by atoms with Crippen LogP contribution in [0.5, 0.6) is 0 Å². The second-order valence-corrected chi connectivity index (χ2v) is 6.87. The summed E-state index contributed by atoms with van der Waals surface area (Å²) in [6, 6.07) is 0. The van der Waals surface area contributed by atoms with E-state index < -0.39 is 29.3 Å². The van der Waals surface area contributed by atoms with Crippen molar-refractivity contribution in [1.82, 2.24) is 0 Å². The van der Waals surface area contributed by atoms with Gasteiger partial charge in [-0.1, -0.05) is 11.6 Å². The molecule has 0 bridgehead atoms. The maximum atomic E-state index is 13.9. The van der Waals surface area contributed by atoms with Crippen LogP contribution in [0.1, 0.15) is 33.6 Å². The summed E-state index contributed by atoms with van der Waals surface area (Å²) in [5.74, 6) is -0.702. The molecular weight excluding hydrogens is 275 g/mol. The summed E-state index contributed by atoms with van der Waals surface area (Å²) >= 11 is 0. The lowest BCUT2D eigenvalue weighted by Gasteiger charge is -2.38. The van der Waals surface area contributed by atoms with Gasteiger partial charge in [0.25, 0.3) is 0 Å². The Morgan fingerprint density at radius 2 is 2.19 bits per heavy atom. The first-order valence-corrected chi connectivity index (χ1v) is 7.50. The van der Waals surface area contributed by atoms with Gasteiger partial charge in [0.15, 0.2) is 12.0 Å². The molecular formula is C16H23FO4. The van der Waals surface area contributed by atoms with Gasteiger partial charge in [-0.25, -0.2) is 4.39 Å². The van der Waals surface area contributed by atoms with Crippen LogP contribution in [0.15, 0.2) is 11.6 Å². The van der Waals surface area contributed by atoms with Crippen molar-refractivity contribution in [2.75, 3.05) is 13.7 Å². The van der Waals surface area contributed by atoms with Crippen molar-refractivity contribution in [2.24, 2.45) is 5.92 Å². The molecule has 0 amide bonds. The van der Waals surface area contributed by atoms with Crippen LogP contribution in [0, 0.1) is 5.92 Å². The van der Waals surface area contributed by atoms with Gasteiger partial charge < -0.3 is 14.2 Å². The van der Waals surface area contributed by atoms with Crippen LogP contribution in [0.2, 0.25) is 0 Å². The third kappa shape index (κ3) is 2.35. The largest absolute Gasteiger partial charge is 0.373 e. The molecule has 2 heterocycles. The monoisotopic (exact) mass is 298 g/mol. The molecule has 0 aromatic carbocycles. The van der Waals surface area contributed by atoms with Crippen molar-refractivity contribution >= 4 is 5.78 Å². The number of ketones is 1. The highest BCUT2D eigenvalue weighted by Gasteiger charge is 2.73. The SMILES string of the molecule is CO[C@@H]1C(=O)[C@@H](F)C[C@]2(CO2)[C@H]1[C@@]1(C)O[C@@H]1CC=C(C)C. The Bertz CT molecular complexity index is 481. The number of epoxide rings is 2. The minimum absolute atomic E-state index is 0.0417. The Balaban J connectivity index is 1.82. The number of hydrogen-bond donors (Lipinski definition) is 0. The van der Waals surface area contributed by atoms with Crippen LogP contribution in [0.4, 0.5) is 4.39 Å². The molecule has 21 heavy (non-hydrogen) atoms. The van der Waals surface area contributed by atoms with Crippen molar-refractivity contribution in [2.45, 2.75) is 63.2 Å². The number of Topliss-reactive ketones (excluding diaryl/α,β-unsaturated/α-hetero) is 1. The fourth-order valence-electron chi connectivity index (χ4n) is 3.79. The van der Waals surface area contributed by atoms with Crippen LogP contribution in [-0.4, -0.2) is 49.1 Å². The number of carbonyl (C=O) groups excluding carboxylic acids is 1. The molecule has 0 N–H and O–H groups in total. The van der Waals surface area contributed by atoms with Crippen LogP contribution < -0.4 is 0 Å². The van der Waals surface area contributed by atoms with Crippen molar-refractivity contribution < 1.29 is 23.4 Å². The molecule has 3 aliphatic rings. The summed E-state index contributed by atoms with van der Waals surface area (Å²) < 4.78 is 30.7. The van der Waals surface area contributed by atoms with Crippen LogP contribution in [0.25, 0.3) is 0 Å². The van der Waals surface area contributed by atoms with Crippen LogP contribution in [-0.2, 0) is 19.0 Å².